The third-order valence-corrected chi connectivity index (χ3v) is 6.11. The van der Waals surface area contributed by atoms with Crippen molar-refractivity contribution in [2.75, 3.05) is 18.8 Å². The fraction of sp³-hybridized carbons (Fsp3) is 0.333. The molecule has 34 heavy (non-hydrogen) atoms. The molecule has 5 rings (SSSR count). The quantitative estimate of drug-likeness (QED) is 0.525. The lowest BCUT2D eigenvalue weighted by Crippen LogP contribution is -2.22. The van der Waals surface area contributed by atoms with Crippen molar-refractivity contribution in [3.8, 4) is 11.4 Å². The molecule has 0 spiro atoms. The lowest BCUT2D eigenvalue weighted by atomic mass is 10.0. The molecule has 1 fully saturated rings. The van der Waals surface area contributed by atoms with E-state index in [1.807, 2.05) is 0 Å². The Morgan fingerprint density at radius 1 is 1.21 bits per heavy atom. The summed E-state index contributed by atoms with van der Waals surface area (Å²) in [6.45, 7) is 0.895. The molecule has 178 valence electrons. The van der Waals surface area contributed by atoms with Crippen LogP contribution in [0.25, 0.3) is 11.4 Å². The molecular formula is C24H25F3N6O. The summed E-state index contributed by atoms with van der Waals surface area (Å²) in [4.78, 5) is 4.28. The summed E-state index contributed by atoms with van der Waals surface area (Å²) >= 11 is 0. The van der Waals surface area contributed by atoms with Crippen molar-refractivity contribution in [3.63, 3.8) is 0 Å². The Morgan fingerprint density at radius 2 is 2.03 bits per heavy atom. The lowest BCUT2D eigenvalue weighted by Gasteiger charge is -2.21. The molecule has 2 bridgehead atoms. The predicted octanol–water partition coefficient (Wildman–Crippen LogP) is 3.73. The standard InChI is InChI=1S/C24H25F3N6O/c25-17-3-4-20-16(5-17)12-34-21-7-15(11-31-24(21)29)22(30-10-13-1-2-13)14(9-28)6-18-8-19(23(26)27)32-33(18)20/h3-5,7-8,11,13,23,30H,1-2,6,9-10,12,28H2,(H2,29,31)/b22-14-. The molecule has 1 saturated carbocycles. The number of pyridine rings is 1. The van der Waals surface area contributed by atoms with Crippen molar-refractivity contribution in [2.24, 2.45) is 11.7 Å². The van der Waals surface area contributed by atoms with E-state index in [-0.39, 0.29) is 31.1 Å². The first-order chi connectivity index (χ1) is 16.4. The summed E-state index contributed by atoms with van der Waals surface area (Å²) in [5.74, 6) is 0.632. The van der Waals surface area contributed by atoms with Gasteiger partial charge in [-0.15, -0.1) is 0 Å². The van der Waals surface area contributed by atoms with Gasteiger partial charge in [0, 0.05) is 48.2 Å². The van der Waals surface area contributed by atoms with Crippen LogP contribution in [0.4, 0.5) is 19.0 Å². The van der Waals surface area contributed by atoms with Gasteiger partial charge in [0.1, 0.15) is 18.1 Å². The molecule has 5 N–H and O–H groups in total. The number of nitrogens with one attached hydrogen (secondary N) is 1. The van der Waals surface area contributed by atoms with E-state index in [9.17, 15) is 13.2 Å². The van der Waals surface area contributed by atoms with Gasteiger partial charge in [-0.2, -0.15) is 5.10 Å². The topological polar surface area (TPSA) is 104 Å². The highest BCUT2D eigenvalue weighted by Gasteiger charge is 2.24. The maximum absolute atomic E-state index is 14.1. The van der Waals surface area contributed by atoms with E-state index >= 15 is 0 Å². The Morgan fingerprint density at radius 3 is 2.76 bits per heavy atom. The SMILES string of the molecule is NC/C1=C(\NCC2CC2)c2cnc(N)c(c2)OCc2cc(F)ccc2-n2nc(C(F)F)cc2C1. The van der Waals surface area contributed by atoms with Gasteiger partial charge in [0.15, 0.2) is 11.6 Å². The van der Waals surface area contributed by atoms with Crippen LogP contribution in [0.3, 0.4) is 0 Å². The highest BCUT2D eigenvalue weighted by Crippen LogP contribution is 2.33. The molecule has 2 aromatic heterocycles. The number of anilines is 1. The Balaban J connectivity index is 1.71. The third-order valence-electron chi connectivity index (χ3n) is 6.11. The Labute approximate surface area is 194 Å². The molecule has 0 radical (unpaired) electrons. The van der Waals surface area contributed by atoms with Crippen molar-refractivity contribution in [3.05, 3.63) is 70.4 Å². The van der Waals surface area contributed by atoms with Crippen LogP contribution in [0.2, 0.25) is 0 Å². The van der Waals surface area contributed by atoms with Crippen LogP contribution >= 0.6 is 0 Å². The normalized spacial score (nSPS) is 17.9. The molecule has 0 unspecified atom stereocenters. The van der Waals surface area contributed by atoms with Gasteiger partial charge in [-0.25, -0.2) is 22.8 Å². The second kappa shape index (κ2) is 9.02. The van der Waals surface area contributed by atoms with E-state index in [2.05, 4.69) is 15.4 Å². The average Bonchev–Trinajstić information content (AvgIpc) is 3.55. The molecule has 1 aliphatic carbocycles. The smallest absolute Gasteiger partial charge is 0.282 e. The van der Waals surface area contributed by atoms with Gasteiger partial charge in [-0.3, -0.25) is 0 Å². The van der Waals surface area contributed by atoms with Crippen molar-refractivity contribution in [1.29, 1.82) is 0 Å². The van der Waals surface area contributed by atoms with Crippen molar-refractivity contribution >= 4 is 11.5 Å². The molecule has 7 nitrogen and oxygen atoms in total. The number of halogens is 3. The van der Waals surface area contributed by atoms with Gasteiger partial charge < -0.3 is 21.5 Å². The number of hydrogen-bond acceptors (Lipinski definition) is 6. The van der Waals surface area contributed by atoms with Crippen LogP contribution in [0.1, 0.15) is 41.8 Å². The van der Waals surface area contributed by atoms with E-state index in [0.717, 1.165) is 36.2 Å². The second-order valence-electron chi connectivity index (χ2n) is 8.63. The summed E-state index contributed by atoms with van der Waals surface area (Å²) < 4.78 is 48.7. The molecule has 10 heteroatoms. The Kier molecular flexibility index (Phi) is 5.91. The fourth-order valence-electron chi connectivity index (χ4n) is 4.10. The Hall–Kier alpha value is -3.53. The Bertz CT molecular complexity index is 1250. The minimum Gasteiger partial charge on any atom is -0.485 e. The zero-order valence-corrected chi connectivity index (χ0v) is 18.4. The van der Waals surface area contributed by atoms with Gasteiger partial charge in [0.25, 0.3) is 6.43 Å². The summed E-state index contributed by atoms with van der Waals surface area (Å²) in [5.41, 5.74) is 15.5. The van der Waals surface area contributed by atoms with Gasteiger partial charge in [-0.05, 0) is 54.7 Å². The van der Waals surface area contributed by atoms with Crippen molar-refractivity contribution < 1.29 is 17.9 Å². The van der Waals surface area contributed by atoms with E-state index in [1.165, 1.54) is 28.9 Å². The van der Waals surface area contributed by atoms with Gasteiger partial charge in [0.05, 0.1) is 5.69 Å². The van der Waals surface area contributed by atoms with Crippen LogP contribution in [0, 0.1) is 11.7 Å². The van der Waals surface area contributed by atoms with Crippen LogP contribution in [0.5, 0.6) is 5.75 Å². The maximum atomic E-state index is 14.1. The molecule has 1 aromatic carbocycles. The first-order valence-electron chi connectivity index (χ1n) is 11.1. The summed E-state index contributed by atoms with van der Waals surface area (Å²) in [6, 6.07) is 7.20. The van der Waals surface area contributed by atoms with E-state index in [4.69, 9.17) is 16.2 Å². The van der Waals surface area contributed by atoms with E-state index < -0.39 is 12.2 Å². The van der Waals surface area contributed by atoms with Gasteiger partial charge in [0.2, 0.25) is 0 Å². The first kappa shape index (κ1) is 22.3. The molecule has 0 saturated heterocycles. The lowest BCUT2D eigenvalue weighted by molar-refractivity contribution is 0.145. The number of nitrogen functional groups attached to an aromatic ring is 1. The van der Waals surface area contributed by atoms with Gasteiger partial charge in [-0.1, -0.05) is 0 Å². The number of nitrogens with zero attached hydrogens (tertiary/aromatic N) is 3. The van der Waals surface area contributed by atoms with Crippen LogP contribution in [0.15, 0.2) is 42.1 Å². The number of aromatic nitrogens is 3. The predicted molar refractivity (Wildman–Crippen MR) is 122 cm³/mol. The first-order valence-corrected chi connectivity index (χ1v) is 11.1. The summed E-state index contributed by atoms with van der Waals surface area (Å²) in [7, 11) is 0. The fourth-order valence-corrected chi connectivity index (χ4v) is 4.10. The number of alkyl halides is 2. The number of fused-ring (bicyclic) bond motifs is 5. The summed E-state index contributed by atoms with van der Waals surface area (Å²) in [5, 5.41) is 7.63. The van der Waals surface area contributed by atoms with Crippen LogP contribution in [-0.4, -0.2) is 27.9 Å². The molecule has 0 amide bonds. The van der Waals surface area contributed by atoms with E-state index in [0.29, 0.717) is 28.6 Å². The number of hydrogen-bond donors (Lipinski definition) is 3. The van der Waals surface area contributed by atoms with Crippen molar-refractivity contribution in [1.82, 2.24) is 20.1 Å². The van der Waals surface area contributed by atoms with Crippen LogP contribution in [-0.2, 0) is 13.0 Å². The zero-order valence-electron chi connectivity index (χ0n) is 18.4. The van der Waals surface area contributed by atoms with Crippen molar-refractivity contribution in [2.45, 2.75) is 32.3 Å². The number of nitrogens with two attached hydrogens (primary N) is 2. The van der Waals surface area contributed by atoms with Gasteiger partial charge >= 0.3 is 0 Å². The number of rotatable bonds is 5. The largest absolute Gasteiger partial charge is 0.485 e. The van der Waals surface area contributed by atoms with Crippen LogP contribution < -0.4 is 21.5 Å². The zero-order chi connectivity index (χ0) is 23.8. The molecule has 0 atom stereocenters. The minimum absolute atomic E-state index is 0.0516. The molecular weight excluding hydrogens is 445 g/mol. The molecule has 2 aliphatic rings. The number of ether oxygens (including phenoxy) is 1. The van der Waals surface area contributed by atoms with E-state index in [1.54, 1.807) is 12.3 Å². The molecule has 3 aromatic rings. The monoisotopic (exact) mass is 470 g/mol. The third kappa shape index (κ3) is 4.45. The maximum Gasteiger partial charge on any atom is 0.282 e. The minimum atomic E-state index is -2.76. The summed E-state index contributed by atoms with van der Waals surface area (Å²) in [6.07, 6.45) is 1.46. The highest BCUT2D eigenvalue weighted by molar-refractivity contribution is 5.70. The second-order valence-corrected chi connectivity index (χ2v) is 8.63. The number of benzene rings is 1. The molecule has 1 aliphatic heterocycles. The average molecular weight is 470 g/mol. The highest BCUT2D eigenvalue weighted by atomic mass is 19.3. The molecule has 3 heterocycles.